The highest BCUT2D eigenvalue weighted by Crippen LogP contribution is 2.10. The van der Waals surface area contributed by atoms with Gasteiger partial charge in [-0.15, -0.1) is 0 Å². The quantitative estimate of drug-likeness (QED) is 0.811. The van der Waals surface area contributed by atoms with Crippen LogP contribution in [0.15, 0.2) is 30.3 Å². The minimum absolute atomic E-state index is 0.678. The molecule has 1 aliphatic rings. The number of rotatable bonds is 6. The first kappa shape index (κ1) is 12.4. The van der Waals surface area contributed by atoms with Gasteiger partial charge >= 0.3 is 0 Å². The number of likely N-dealkylation sites (tertiary alicyclic amines) is 1. The van der Waals surface area contributed by atoms with Crippen molar-refractivity contribution in [2.45, 2.75) is 19.4 Å². The van der Waals surface area contributed by atoms with Gasteiger partial charge in [-0.2, -0.15) is 0 Å². The normalized spacial score (nSPS) is 20.6. The van der Waals surface area contributed by atoms with E-state index >= 15 is 0 Å². The molecule has 94 valence electrons. The van der Waals surface area contributed by atoms with Gasteiger partial charge in [-0.1, -0.05) is 25.1 Å². The van der Waals surface area contributed by atoms with Crippen molar-refractivity contribution >= 4 is 0 Å². The zero-order valence-electron chi connectivity index (χ0n) is 10.6. The highest BCUT2D eigenvalue weighted by molar-refractivity contribution is 5.20. The Hall–Kier alpha value is -1.06. The fraction of sp³-hybridized carbons (Fsp3) is 0.571. The minimum atomic E-state index is 0.678. The summed E-state index contributed by atoms with van der Waals surface area (Å²) in [6, 6.07) is 10.7. The van der Waals surface area contributed by atoms with E-state index in [1.54, 1.807) is 0 Å². The van der Waals surface area contributed by atoms with E-state index in [0.29, 0.717) is 6.04 Å². The first-order valence-electron chi connectivity index (χ1n) is 6.52. The molecule has 1 unspecified atom stereocenters. The van der Waals surface area contributed by atoms with Gasteiger partial charge in [0.25, 0.3) is 0 Å². The van der Waals surface area contributed by atoms with Crippen molar-refractivity contribution in [1.82, 2.24) is 10.2 Å². The summed E-state index contributed by atoms with van der Waals surface area (Å²) in [5, 5.41) is 3.50. The van der Waals surface area contributed by atoms with E-state index in [-0.39, 0.29) is 0 Å². The lowest BCUT2D eigenvalue weighted by Crippen LogP contribution is -2.33. The fourth-order valence-corrected chi connectivity index (χ4v) is 2.30. The molecular formula is C14H22N2O. The molecule has 0 radical (unpaired) electrons. The van der Waals surface area contributed by atoms with Crippen LogP contribution in [0.3, 0.4) is 0 Å². The molecule has 1 aromatic carbocycles. The summed E-state index contributed by atoms with van der Waals surface area (Å²) in [5.74, 6) is 0.968. The molecule has 0 bridgehead atoms. The van der Waals surface area contributed by atoms with Gasteiger partial charge in [0.2, 0.25) is 0 Å². The molecule has 1 aliphatic heterocycles. The van der Waals surface area contributed by atoms with Gasteiger partial charge in [-0.25, -0.2) is 0 Å². The van der Waals surface area contributed by atoms with Crippen molar-refractivity contribution in [3.8, 4) is 5.75 Å². The van der Waals surface area contributed by atoms with Crippen molar-refractivity contribution in [2.75, 3.05) is 32.8 Å². The molecule has 1 N–H and O–H groups in total. The van der Waals surface area contributed by atoms with E-state index in [1.807, 2.05) is 30.3 Å². The number of benzene rings is 1. The Morgan fingerprint density at radius 2 is 2.18 bits per heavy atom. The lowest BCUT2D eigenvalue weighted by molar-refractivity contribution is 0.234. The Balaban J connectivity index is 1.63. The lowest BCUT2D eigenvalue weighted by Gasteiger charge is -2.16. The molecule has 0 spiro atoms. The summed E-state index contributed by atoms with van der Waals surface area (Å²) in [5.41, 5.74) is 0. The molecule has 1 atom stereocenters. The Bertz CT molecular complexity index is 315. The van der Waals surface area contributed by atoms with E-state index in [2.05, 4.69) is 17.1 Å². The van der Waals surface area contributed by atoms with E-state index in [1.165, 1.54) is 13.0 Å². The average Bonchev–Trinajstić information content (AvgIpc) is 2.79. The number of likely N-dealkylation sites (N-methyl/N-ethyl adjacent to an activating group) is 1. The third-order valence-electron chi connectivity index (χ3n) is 3.18. The molecule has 0 aromatic heterocycles. The fourth-order valence-electron chi connectivity index (χ4n) is 2.30. The second-order valence-corrected chi connectivity index (χ2v) is 4.51. The standard InChI is InChI=1S/C14H22N2O/c1-2-15-13-8-9-16(12-13)10-11-17-14-6-4-3-5-7-14/h3-7,13,15H,2,8-12H2,1H3. The molecule has 1 saturated heterocycles. The van der Waals surface area contributed by atoms with Crippen LogP contribution in [0, 0.1) is 0 Å². The van der Waals surface area contributed by atoms with Crippen molar-refractivity contribution in [3.63, 3.8) is 0 Å². The maximum atomic E-state index is 5.70. The Kier molecular flexibility index (Phi) is 4.83. The maximum Gasteiger partial charge on any atom is 0.119 e. The SMILES string of the molecule is CCNC1CCN(CCOc2ccccc2)C1. The minimum Gasteiger partial charge on any atom is -0.492 e. The molecule has 0 amide bonds. The van der Waals surface area contributed by atoms with Crippen LogP contribution in [0.5, 0.6) is 5.75 Å². The molecule has 0 aliphatic carbocycles. The summed E-state index contributed by atoms with van der Waals surface area (Å²) in [4.78, 5) is 2.47. The molecule has 1 heterocycles. The predicted octanol–water partition coefficient (Wildman–Crippen LogP) is 1.75. The average molecular weight is 234 g/mol. The summed E-state index contributed by atoms with van der Waals surface area (Å²) in [6.07, 6.45) is 1.26. The monoisotopic (exact) mass is 234 g/mol. The Morgan fingerprint density at radius 3 is 2.94 bits per heavy atom. The van der Waals surface area contributed by atoms with Gasteiger partial charge in [0.1, 0.15) is 12.4 Å². The van der Waals surface area contributed by atoms with Crippen molar-refractivity contribution in [1.29, 1.82) is 0 Å². The van der Waals surface area contributed by atoms with Crippen LogP contribution in [0.1, 0.15) is 13.3 Å². The second-order valence-electron chi connectivity index (χ2n) is 4.51. The zero-order valence-corrected chi connectivity index (χ0v) is 10.6. The van der Waals surface area contributed by atoms with Crippen LogP contribution < -0.4 is 10.1 Å². The molecule has 1 fully saturated rings. The number of para-hydroxylation sites is 1. The summed E-state index contributed by atoms with van der Waals surface area (Å²) in [6.45, 7) is 7.39. The first-order valence-corrected chi connectivity index (χ1v) is 6.52. The van der Waals surface area contributed by atoms with Crippen molar-refractivity contribution in [3.05, 3.63) is 30.3 Å². The zero-order chi connectivity index (χ0) is 11.9. The van der Waals surface area contributed by atoms with Crippen LogP contribution in [-0.4, -0.2) is 43.7 Å². The number of nitrogens with one attached hydrogen (secondary N) is 1. The highest BCUT2D eigenvalue weighted by Gasteiger charge is 2.20. The summed E-state index contributed by atoms with van der Waals surface area (Å²) < 4.78 is 5.70. The maximum absolute atomic E-state index is 5.70. The van der Waals surface area contributed by atoms with Gasteiger partial charge in [-0.3, -0.25) is 4.90 Å². The van der Waals surface area contributed by atoms with Crippen LogP contribution in [0.25, 0.3) is 0 Å². The first-order chi connectivity index (χ1) is 8.38. The Morgan fingerprint density at radius 1 is 1.35 bits per heavy atom. The number of hydrogen-bond donors (Lipinski definition) is 1. The van der Waals surface area contributed by atoms with E-state index in [4.69, 9.17) is 4.74 Å². The van der Waals surface area contributed by atoms with Gasteiger partial charge in [0, 0.05) is 19.1 Å². The summed E-state index contributed by atoms with van der Waals surface area (Å²) >= 11 is 0. The molecule has 17 heavy (non-hydrogen) atoms. The van der Waals surface area contributed by atoms with Crippen LogP contribution >= 0.6 is 0 Å². The molecule has 0 saturated carbocycles. The van der Waals surface area contributed by atoms with Gasteiger partial charge in [0.15, 0.2) is 0 Å². The molecular weight excluding hydrogens is 212 g/mol. The van der Waals surface area contributed by atoms with Crippen molar-refractivity contribution < 1.29 is 4.74 Å². The molecule has 3 heteroatoms. The third-order valence-corrected chi connectivity index (χ3v) is 3.18. The van der Waals surface area contributed by atoms with Crippen LogP contribution in [0.4, 0.5) is 0 Å². The number of nitrogens with zero attached hydrogens (tertiary/aromatic N) is 1. The van der Waals surface area contributed by atoms with E-state index < -0.39 is 0 Å². The molecule has 3 nitrogen and oxygen atoms in total. The summed E-state index contributed by atoms with van der Waals surface area (Å²) in [7, 11) is 0. The van der Waals surface area contributed by atoms with Gasteiger partial charge in [0.05, 0.1) is 0 Å². The highest BCUT2D eigenvalue weighted by atomic mass is 16.5. The van der Waals surface area contributed by atoms with E-state index in [9.17, 15) is 0 Å². The Labute approximate surface area is 104 Å². The topological polar surface area (TPSA) is 24.5 Å². The number of hydrogen-bond acceptors (Lipinski definition) is 3. The van der Waals surface area contributed by atoms with Gasteiger partial charge in [-0.05, 0) is 31.6 Å². The van der Waals surface area contributed by atoms with Crippen molar-refractivity contribution in [2.24, 2.45) is 0 Å². The second kappa shape index (κ2) is 6.62. The smallest absolute Gasteiger partial charge is 0.119 e. The molecule has 2 rings (SSSR count). The van der Waals surface area contributed by atoms with Crippen LogP contribution in [-0.2, 0) is 0 Å². The van der Waals surface area contributed by atoms with Crippen LogP contribution in [0.2, 0.25) is 0 Å². The lowest BCUT2D eigenvalue weighted by atomic mass is 10.3. The van der Waals surface area contributed by atoms with Gasteiger partial charge < -0.3 is 10.1 Å². The molecule has 1 aromatic rings. The van der Waals surface area contributed by atoms with E-state index in [0.717, 1.165) is 32.0 Å². The largest absolute Gasteiger partial charge is 0.492 e. The number of ether oxygens (including phenoxy) is 1. The third kappa shape index (κ3) is 4.02. The predicted molar refractivity (Wildman–Crippen MR) is 70.5 cm³/mol.